The van der Waals surface area contributed by atoms with Crippen molar-refractivity contribution in [1.29, 1.82) is 0 Å². The van der Waals surface area contributed by atoms with Crippen molar-refractivity contribution in [3.05, 3.63) is 111 Å². The number of nitro benzene ring substituents is 1. The molecule has 1 aliphatic heterocycles. The van der Waals surface area contributed by atoms with Crippen LogP contribution in [0.25, 0.3) is 0 Å². The minimum Gasteiger partial charge on any atom is -0.456 e. The Hall–Kier alpha value is -3.70. The molecule has 0 saturated carbocycles. The number of Topliss-reactive ketones (excluding diaryl/α,β-unsaturated/α-hetero) is 1. The van der Waals surface area contributed by atoms with Crippen LogP contribution in [0.3, 0.4) is 0 Å². The number of benzene rings is 3. The zero-order valence-corrected chi connectivity index (χ0v) is 25.6. The summed E-state index contributed by atoms with van der Waals surface area (Å²) in [5.74, 6) is -4.64. The summed E-state index contributed by atoms with van der Waals surface area (Å²) in [5, 5.41) is 10.9. The van der Waals surface area contributed by atoms with Crippen LogP contribution in [0.4, 0.5) is 5.69 Å². The summed E-state index contributed by atoms with van der Waals surface area (Å²) >= 11 is 7.89. The summed E-state index contributed by atoms with van der Waals surface area (Å²) in [4.78, 5) is 66.2. The van der Waals surface area contributed by atoms with E-state index >= 15 is 0 Å². The van der Waals surface area contributed by atoms with Crippen molar-refractivity contribution in [2.45, 2.75) is 28.5 Å². The van der Waals surface area contributed by atoms with Gasteiger partial charge in [-0.3, -0.25) is 29.4 Å². The van der Waals surface area contributed by atoms with Crippen LogP contribution in [0, 0.1) is 27.9 Å². The third kappa shape index (κ3) is 3.79. The molecule has 11 heteroatoms. The quantitative estimate of drug-likeness (QED) is 0.0826. The largest absolute Gasteiger partial charge is 0.456 e. The lowest BCUT2D eigenvalue weighted by Gasteiger charge is -2.55. The van der Waals surface area contributed by atoms with Gasteiger partial charge in [0.15, 0.2) is 12.4 Å². The topological polar surface area (TPSA) is 124 Å². The number of carbonyl (C=O) groups excluding carboxylic acids is 4. The number of amides is 2. The predicted molar refractivity (Wildman–Crippen MR) is 158 cm³/mol. The zero-order valence-electron chi connectivity index (χ0n) is 22.5. The van der Waals surface area contributed by atoms with Crippen molar-refractivity contribution in [2.24, 2.45) is 17.8 Å². The lowest BCUT2D eigenvalue weighted by molar-refractivity contribution is -0.384. The number of ether oxygens (including phenoxy) is 1. The standard InChI is InChI=1S/C31H24Br2N2O7/c1-16(2)26(29(39)42-15-23(36)17-11-13-18(14-12-17)35(40)41)34-27(37)24-25(28(34)38)31(33)20-8-4-3-7-19(20)30(24,32)21-9-5-6-10-22(21)31/h3-14,16,24-26H,15H2,1-2H3/t24-,25-,26-,30?,31?/m0/s1. The number of carbonyl (C=O) groups is 4. The molecule has 7 rings (SSSR count). The monoisotopic (exact) mass is 694 g/mol. The molecule has 0 unspecified atom stereocenters. The number of hydrogen-bond acceptors (Lipinski definition) is 7. The number of ketones is 1. The molecule has 0 spiro atoms. The highest BCUT2D eigenvalue weighted by atomic mass is 79.9. The first-order valence-corrected chi connectivity index (χ1v) is 14.9. The summed E-state index contributed by atoms with van der Waals surface area (Å²) in [5.41, 5.74) is 3.46. The van der Waals surface area contributed by atoms with Gasteiger partial charge in [0.2, 0.25) is 11.8 Å². The average Bonchev–Trinajstić information content (AvgIpc) is 3.25. The second kappa shape index (κ2) is 9.95. The maximum absolute atomic E-state index is 14.3. The highest BCUT2D eigenvalue weighted by Gasteiger charge is 2.73. The van der Waals surface area contributed by atoms with Crippen molar-refractivity contribution < 1.29 is 28.8 Å². The maximum atomic E-state index is 14.3. The molecule has 42 heavy (non-hydrogen) atoms. The zero-order chi connectivity index (χ0) is 30.1. The van der Waals surface area contributed by atoms with Gasteiger partial charge in [0.25, 0.3) is 5.69 Å². The van der Waals surface area contributed by atoms with E-state index in [-0.39, 0.29) is 11.3 Å². The first-order valence-electron chi connectivity index (χ1n) is 13.3. The number of halogens is 2. The fourth-order valence-corrected chi connectivity index (χ4v) is 9.02. The molecular formula is C31H24Br2N2O7. The molecule has 2 bridgehead atoms. The summed E-state index contributed by atoms with van der Waals surface area (Å²) in [6.07, 6.45) is 0. The fraction of sp³-hybridized carbons (Fsp3) is 0.290. The Kier molecular flexibility index (Phi) is 6.73. The van der Waals surface area contributed by atoms with Crippen molar-refractivity contribution in [1.82, 2.24) is 4.90 Å². The summed E-state index contributed by atoms with van der Waals surface area (Å²) < 4.78 is 3.37. The van der Waals surface area contributed by atoms with E-state index in [0.29, 0.717) is 0 Å². The predicted octanol–water partition coefficient (Wildman–Crippen LogP) is 5.25. The van der Waals surface area contributed by atoms with Crippen molar-refractivity contribution in [3.63, 3.8) is 0 Å². The van der Waals surface area contributed by atoms with E-state index in [2.05, 4.69) is 31.9 Å². The van der Waals surface area contributed by atoms with Crippen molar-refractivity contribution in [3.8, 4) is 0 Å². The Balaban J connectivity index is 1.33. The van der Waals surface area contributed by atoms with E-state index in [1.54, 1.807) is 13.8 Å². The number of non-ortho nitro benzene ring substituents is 1. The Morgan fingerprint density at radius 1 is 0.857 bits per heavy atom. The first-order chi connectivity index (χ1) is 19.9. The highest BCUT2D eigenvalue weighted by molar-refractivity contribution is 9.10. The van der Waals surface area contributed by atoms with Crippen LogP contribution in [0.5, 0.6) is 0 Å². The number of imide groups is 1. The van der Waals surface area contributed by atoms with Gasteiger partial charge in [0.1, 0.15) is 6.04 Å². The van der Waals surface area contributed by atoms with Gasteiger partial charge in [-0.25, -0.2) is 4.79 Å². The Morgan fingerprint density at radius 2 is 1.29 bits per heavy atom. The number of nitrogens with zero attached hydrogens (tertiary/aromatic N) is 2. The van der Waals surface area contributed by atoms with Crippen LogP contribution >= 0.6 is 31.9 Å². The molecular weight excluding hydrogens is 672 g/mol. The van der Waals surface area contributed by atoms with Crippen LogP contribution in [-0.2, 0) is 27.8 Å². The number of rotatable bonds is 7. The number of esters is 1. The summed E-state index contributed by atoms with van der Waals surface area (Å²) in [7, 11) is 0. The lowest BCUT2D eigenvalue weighted by atomic mass is 9.54. The molecule has 0 N–H and O–H groups in total. The SMILES string of the molecule is CC(C)[C@@H](C(=O)OCC(=O)c1ccc([N+](=O)[O-])cc1)N1C(=O)[C@@H]2[C@@H](C1=O)C1(Br)c3ccccc3C2(Br)c2ccccc21. The first kappa shape index (κ1) is 28.4. The van der Waals surface area contributed by atoms with E-state index < -0.39 is 67.5 Å². The number of likely N-dealkylation sites (tertiary alicyclic amines) is 1. The molecule has 4 aliphatic rings. The lowest BCUT2D eigenvalue weighted by Crippen LogP contribution is -2.56. The van der Waals surface area contributed by atoms with Crippen LogP contribution in [-0.4, -0.2) is 46.0 Å². The van der Waals surface area contributed by atoms with Crippen LogP contribution in [0.15, 0.2) is 72.8 Å². The molecule has 0 radical (unpaired) electrons. The molecule has 3 atom stereocenters. The van der Waals surface area contributed by atoms with Gasteiger partial charge < -0.3 is 4.74 Å². The third-order valence-electron chi connectivity index (χ3n) is 8.52. The second-order valence-corrected chi connectivity index (χ2v) is 13.5. The van der Waals surface area contributed by atoms with Gasteiger partial charge in [-0.05, 0) is 40.3 Å². The minimum atomic E-state index is -1.27. The second-order valence-electron chi connectivity index (χ2n) is 11.0. The molecule has 1 fully saturated rings. The maximum Gasteiger partial charge on any atom is 0.330 e. The molecule has 0 aromatic heterocycles. The molecule has 1 heterocycles. The normalized spacial score (nSPS) is 26.0. The Labute approximate surface area is 257 Å². The molecule has 214 valence electrons. The van der Waals surface area contributed by atoms with Gasteiger partial charge in [-0.2, -0.15) is 0 Å². The van der Waals surface area contributed by atoms with Crippen LogP contribution in [0.1, 0.15) is 46.5 Å². The van der Waals surface area contributed by atoms with E-state index in [1.807, 2.05) is 48.5 Å². The molecule has 2 amide bonds. The van der Waals surface area contributed by atoms with Gasteiger partial charge in [0.05, 0.1) is 25.4 Å². The van der Waals surface area contributed by atoms with E-state index in [1.165, 1.54) is 24.3 Å². The van der Waals surface area contributed by atoms with Gasteiger partial charge in [0, 0.05) is 17.7 Å². The molecule has 3 aromatic carbocycles. The fourth-order valence-electron chi connectivity index (χ4n) is 6.71. The molecule has 1 saturated heterocycles. The van der Waals surface area contributed by atoms with E-state index in [9.17, 15) is 29.3 Å². The van der Waals surface area contributed by atoms with Gasteiger partial charge in [-0.15, -0.1) is 0 Å². The van der Waals surface area contributed by atoms with E-state index in [0.717, 1.165) is 27.2 Å². The number of hydrogen-bond donors (Lipinski definition) is 0. The van der Waals surface area contributed by atoms with Gasteiger partial charge >= 0.3 is 5.97 Å². The van der Waals surface area contributed by atoms with E-state index in [4.69, 9.17) is 4.74 Å². The third-order valence-corrected chi connectivity index (χ3v) is 11.2. The smallest absolute Gasteiger partial charge is 0.330 e. The summed E-state index contributed by atoms with van der Waals surface area (Å²) in [6.45, 7) is 2.77. The van der Waals surface area contributed by atoms with Crippen molar-refractivity contribution in [2.75, 3.05) is 6.61 Å². The Bertz CT molecular complexity index is 1560. The summed E-state index contributed by atoms with van der Waals surface area (Å²) in [6, 6.07) is 19.0. The minimum absolute atomic E-state index is 0.128. The average molecular weight is 696 g/mol. The van der Waals surface area contributed by atoms with Crippen LogP contribution in [0.2, 0.25) is 0 Å². The Morgan fingerprint density at radius 3 is 1.67 bits per heavy atom. The van der Waals surface area contributed by atoms with Crippen molar-refractivity contribution >= 4 is 61.1 Å². The molecule has 9 nitrogen and oxygen atoms in total. The van der Waals surface area contributed by atoms with Crippen LogP contribution < -0.4 is 0 Å². The number of alkyl halides is 2. The van der Waals surface area contributed by atoms with Gasteiger partial charge in [-0.1, -0.05) is 94.2 Å². The molecule has 3 aliphatic carbocycles. The highest BCUT2D eigenvalue weighted by Crippen LogP contribution is 2.70. The molecule has 3 aromatic rings. The number of nitro groups is 1.